The van der Waals surface area contributed by atoms with Crippen LogP contribution in [0.25, 0.3) is 22.8 Å². The van der Waals surface area contributed by atoms with Gasteiger partial charge in [-0.1, -0.05) is 11.6 Å². The maximum atomic E-state index is 14.0. The molecule has 0 aliphatic carbocycles. The number of hydrogen-bond acceptors (Lipinski definition) is 4. The molecule has 2 aromatic heterocycles. The van der Waals surface area contributed by atoms with Crippen LogP contribution in [-0.2, 0) is 7.05 Å². The molecular weight excluding hydrogens is 383 g/mol. The van der Waals surface area contributed by atoms with E-state index in [0.29, 0.717) is 6.07 Å². The monoisotopic (exact) mass is 390 g/mol. The summed E-state index contributed by atoms with van der Waals surface area (Å²) in [6, 6.07) is 2.58. The molecule has 136 valence electrons. The largest absolute Gasteiger partial charge is 0.416 e. The van der Waals surface area contributed by atoms with Crippen LogP contribution in [0.1, 0.15) is 0 Å². The van der Waals surface area contributed by atoms with Gasteiger partial charge in [0.05, 0.1) is 16.1 Å². The number of pyridine rings is 1. The van der Waals surface area contributed by atoms with Gasteiger partial charge in [0.2, 0.25) is 5.88 Å². The molecule has 0 saturated carbocycles. The number of halogens is 6. The summed E-state index contributed by atoms with van der Waals surface area (Å²) in [4.78, 5) is 3.64. The second-order valence-corrected chi connectivity index (χ2v) is 5.45. The van der Waals surface area contributed by atoms with Crippen molar-refractivity contribution in [3.63, 3.8) is 0 Å². The van der Waals surface area contributed by atoms with Crippen molar-refractivity contribution >= 4 is 11.6 Å². The quantitative estimate of drug-likeness (QED) is 0.494. The number of ether oxygens (including phenoxy) is 1. The van der Waals surface area contributed by atoms with Crippen LogP contribution in [0.5, 0.6) is 5.88 Å². The lowest BCUT2D eigenvalue weighted by molar-refractivity contribution is -0.0524. The van der Waals surface area contributed by atoms with Gasteiger partial charge >= 0.3 is 6.61 Å². The first-order chi connectivity index (χ1) is 12.3. The third kappa shape index (κ3) is 3.19. The summed E-state index contributed by atoms with van der Waals surface area (Å²) in [7, 11) is 1.31. The van der Waals surface area contributed by atoms with Crippen molar-refractivity contribution in [3.05, 3.63) is 46.9 Å². The lowest BCUT2D eigenvalue weighted by Crippen LogP contribution is -2.07. The van der Waals surface area contributed by atoms with Gasteiger partial charge in [-0.15, -0.1) is 10.2 Å². The molecule has 3 aromatic rings. The van der Waals surface area contributed by atoms with Crippen LogP contribution in [0.3, 0.4) is 0 Å². The zero-order chi connectivity index (χ0) is 19.0. The molecule has 2 heterocycles. The van der Waals surface area contributed by atoms with Crippen LogP contribution in [0, 0.1) is 17.5 Å². The zero-order valence-corrected chi connectivity index (χ0v) is 13.6. The first-order valence-electron chi connectivity index (χ1n) is 6.93. The van der Waals surface area contributed by atoms with Crippen molar-refractivity contribution in [2.75, 3.05) is 0 Å². The van der Waals surface area contributed by atoms with Crippen molar-refractivity contribution in [1.82, 2.24) is 19.7 Å². The maximum absolute atomic E-state index is 14.0. The minimum atomic E-state index is -3.17. The summed E-state index contributed by atoms with van der Waals surface area (Å²) in [5, 5.41) is 7.42. The summed E-state index contributed by atoms with van der Waals surface area (Å²) in [5.41, 5.74) is -0.839. The van der Waals surface area contributed by atoms with Crippen LogP contribution < -0.4 is 4.74 Å². The van der Waals surface area contributed by atoms with Crippen molar-refractivity contribution in [3.8, 4) is 28.7 Å². The Hall–Kier alpha value is -2.75. The Morgan fingerprint density at radius 2 is 1.73 bits per heavy atom. The van der Waals surface area contributed by atoms with Crippen molar-refractivity contribution in [2.24, 2.45) is 7.05 Å². The summed E-state index contributed by atoms with van der Waals surface area (Å²) >= 11 is 5.82. The molecule has 0 amide bonds. The molecule has 0 aliphatic rings. The van der Waals surface area contributed by atoms with E-state index >= 15 is 0 Å². The van der Waals surface area contributed by atoms with Crippen LogP contribution >= 0.6 is 11.6 Å². The molecule has 0 saturated heterocycles. The highest BCUT2D eigenvalue weighted by Crippen LogP contribution is 2.33. The topological polar surface area (TPSA) is 52.8 Å². The number of nitrogens with zero attached hydrogens (tertiary/aromatic N) is 4. The van der Waals surface area contributed by atoms with E-state index in [2.05, 4.69) is 19.9 Å². The van der Waals surface area contributed by atoms with Gasteiger partial charge in [-0.05, 0) is 18.2 Å². The van der Waals surface area contributed by atoms with Gasteiger partial charge in [-0.3, -0.25) is 0 Å². The predicted molar refractivity (Wildman–Crippen MR) is 81.2 cm³/mol. The molecule has 0 spiro atoms. The highest BCUT2D eigenvalue weighted by atomic mass is 35.5. The molecule has 1 aromatic carbocycles. The van der Waals surface area contributed by atoms with Crippen LogP contribution in [0.4, 0.5) is 22.0 Å². The molecule has 5 nitrogen and oxygen atoms in total. The minimum absolute atomic E-state index is 0.0780. The second-order valence-electron chi connectivity index (χ2n) is 5.01. The second kappa shape index (κ2) is 6.87. The standard InChI is InChI=1S/C15H8ClF5N4O/c1-25-12(7-4-6(16)5-22-14(7)26-15(20)21)23-24-13(25)10-8(17)2-3-9(18)11(10)19/h2-5,15H,1H3. The van der Waals surface area contributed by atoms with Gasteiger partial charge < -0.3 is 9.30 Å². The van der Waals surface area contributed by atoms with E-state index in [-0.39, 0.29) is 22.2 Å². The van der Waals surface area contributed by atoms with E-state index in [4.69, 9.17) is 11.6 Å². The van der Waals surface area contributed by atoms with Crippen LogP contribution in [0.2, 0.25) is 5.02 Å². The van der Waals surface area contributed by atoms with Gasteiger partial charge in [0, 0.05) is 13.2 Å². The Bertz CT molecular complexity index is 979. The molecule has 0 fully saturated rings. The SMILES string of the molecule is Cn1c(-c2cc(Cl)cnc2OC(F)F)nnc1-c1c(F)ccc(F)c1F. The molecule has 3 rings (SSSR count). The molecule has 0 aliphatic heterocycles. The Balaban J connectivity index is 2.18. The maximum Gasteiger partial charge on any atom is 0.388 e. The highest BCUT2D eigenvalue weighted by molar-refractivity contribution is 6.30. The van der Waals surface area contributed by atoms with Crippen molar-refractivity contribution in [1.29, 1.82) is 0 Å². The Morgan fingerprint density at radius 1 is 1.08 bits per heavy atom. The molecule has 0 unspecified atom stereocenters. The summed E-state index contributed by atoms with van der Waals surface area (Å²) in [6.45, 7) is -3.17. The third-order valence-corrected chi connectivity index (χ3v) is 3.61. The number of aromatic nitrogens is 4. The Morgan fingerprint density at radius 3 is 2.42 bits per heavy atom. The fourth-order valence-electron chi connectivity index (χ4n) is 2.28. The Kier molecular flexibility index (Phi) is 4.77. The molecule has 26 heavy (non-hydrogen) atoms. The molecule has 0 atom stereocenters. The van der Waals surface area contributed by atoms with Gasteiger partial charge in [0.25, 0.3) is 0 Å². The minimum Gasteiger partial charge on any atom is -0.416 e. The lowest BCUT2D eigenvalue weighted by atomic mass is 10.1. The number of benzene rings is 1. The predicted octanol–water partition coefficient (Wildman–Crippen LogP) is 4.22. The van der Waals surface area contributed by atoms with Gasteiger partial charge in [-0.25, -0.2) is 18.2 Å². The average molecular weight is 391 g/mol. The Labute approximate surface area is 148 Å². The molecule has 11 heteroatoms. The summed E-state index contributed by atoms with van der Waals surface area (Å²) in [5.74, 6) is -4.80. The van der Waals surface area contributed by atoms with E-state index < -0.39 is 35.5 Å². The van der Waals surface area contributed by atoms with Crippen LogP contribution in [0.15, 0.2) is 24.4 Å². The van der Waals surface area contributed by atoms with Crippen LogP contribution in [-0.4, -0.2) is 26.4 Å². The smallest absolute Gasteiger partial charge is 0.388 e. The summed E-state index contributed by atoms with van der Waals surface area (Å²) < 4.78 is 71.9. The van der Waals surface area contributed by atoms with Crippen molar-refractivity contribution < 1.29 is 26.7 Å². The average Bonchev–Trinajstić information content (AvgIpc) is 2.94. The highest BCUT2D eigenvalue weighted by Gasteiger charge is 2.24. The molecule has 0 bridgehead atoms. The number of alkyl halides is 2. The third-order valence-electron chi connectivity index (χ3n) is 3.40. The van der Waals surface area contributed by atoms with E-state index in [0.717, 1.165) is 16.8 Å². The first kappa shape index (κ1) is 18.1. The lowest BCUT2D eigenvalue weighted by Gasteiger charge is -2.10. The van der Waals surface area contributed by atoms with E-state index in [1.165, 1.54) is 13.1 Å². The normalized spacial score (nSPS) is 11.2. The molecular formula is C15H8ClF5N4O. The zero-order valence-electron chi connectivity index (χ0n) is 12.9. The number of hydrogen-bond donors (Lipinski definition) is 0. The van der Waals surface area contributed by atoms with E-state index in [9.17, 15) is 22.0 Å². The van der Waals surface area contributed by atoms with Crippen molar-refractivity contribution in [2.45, 2.75) is 6.61 Å². The molecule has 0 radical (unpaired) electrons. The summed E-state index contributed by atoms with van der Waals surface area (Å²) in [6.07, 6.45) is 1.08. The van der Waals surface area contributed by atoms with E-state index in [1.54, 1.807) is 0 Å². The van der Waals surface area contributed by atoms with Gasteiger partial charge in [-0.2, -0.15) is 8.78 Å². The fourth-order valence-corrected chi connectivity index (χ4v) is 2.44. The first-order valence-corrected chi connectivity index (χ1v) is 7.31. The molecule has 0 N–H and O–H groups in total. The fraction of sp³-hybridized carbons (Fsp3) is 0.133. The van der Waals surface area contributed by atoms with E-state index in [1.807, 2.05) is 0 Å². The van der Waals surface area contributed by atoms with Gasteiger partial charge in [0.1, 0.15) is 5.82 Å². The number of rotatable bonds is 4. The van der Waals surface area contributed by atoms with Gasteiger partial charge in [0.15, 0.2) is 23.3 Å².